The van der Waals surface area contributed by atoms with E-state index in [2.05, 4.69) is 15.3 Å². The van der Waals surface area contributed by atoms with Gasteiger partial charge in [0, 0.05) is 25.5 Å². The molecule has 92 valence electrons. The van der Waals surface area contributed by atoms with Crippen LogP contribution in [0.1, 0.15) is 12.8 Å². The molecule has 0 spiro atoms. The second-order valence-electron chi connectivity index (χ2n) is 3.76. The third-order valence-corrected chi connectivity index (χ3v) is 3.30. The van der Waals surface area contributed by atoms with E-state index in [1.807, 2.05) is 0 Å². The Balaban J connectivity index is 1.64. The average Bonchev–Trinajstić information content (AvgIpc) is 2.88. The Morgan fingerprint density at radius 3 is 3.06 bits per heavy atom. The average molecular weight is 253 g/mol. The van der Waals surface area contributed by atoms with Crippen LogP contribution in [0.4, 0.5) is 0 Å². The summed E-state index contributed by atoms with van der Waals surface area (Å²) in [6.45, 7) is 1.42. The normalized spacial score (nSPS) is 19.2. The van der Waals surface area contributed by atoms with Gasteiger partial charge in [-0.05, 0) is 18.9 Å². The van der Waals surface area contributed by atoms with Gasteiger partial charge in [-0.2, -0.15) is 0 Å². The molecule has 0 unspecified atom stereocenters. The van der Waals surface area contributed by atoms with Crippen molar-refractivity contribution >= 4 is 17.7 Å². The Labute approximate surface area is 104 Å². The second-order valence-corrected chi connectivity index (χ2v) is 4.70. The number of ether oxygens (including phenoxy) is 1. The molecular formula is C11H15N3O2S. The molecule has 1 aromatic rings. The van der Waals surface area contributed by atoms with Gasteiger partial charge < -0.3 is 10.1 Å². The summed E-state index contributed by atoms with van der Waals surface area (Å²) in [6, 6.07) is 1.75. The van der Waals surface area contributed by atoms with Crippen LogP contribution in [0.2, 0.25) is 0 Å². The first-order chi connectivity index (χ1) is 8.34. The Hall–Kier alpha value is -1.14. The van der Waals surface area contributed by atoms with Crippen LogP contribution in [0.3, 0.4) is 0 Å². The first kappa shape index (κ1) is 12.3. The van der Waals surface area contributed by atoms with E-state index >= 15 is 0 Å². The maximum atomic E-state index is 11.5. The monoisotopic (exact) mass is 253 g/mol. The topological polar surface area (TPSA) is 64.1 Å². The highest BCUT2D eigenvalue weighted by molar-refractivity contribution is 7.99. The molecular weight excluding hydrogens is 238 g/mol. The van der Waals surface area contributed by atoms with Crippen LogP contribution in [-0.4, -0.2) is 40.9 Å². The number of carbonyl (C=O) groups excluding carboxylic acids is 1. The van der Waals surface area contributed by atoms with Gasteiger partial charge in [0.15, 0.2) is 5.16 Å². The lowest BCUT2D eigenvalue weighted by molar-refractivity contribution is -0.119. The highest BCUT2D eigenvalue weighted by atomic mass is 32.2. The number of carbonyl (C=O) groups is 1. The first-order valence-electron chi connectivity index (χ1n) is 5.63. The maximum Gasteiger partial charge on any atom is 0.230 e. The lowest BCUT2D eigenvalue weighted by Gasteiger charge is -2.10. The number of thioether (sulfide) groups is 1. The van der Waals surface area contributed by atoms with Crippen LogP contribution in [0.25, 0.3) is 0 Å². The van der Waals surface area contributed by atoms with Crippen molar-refractivity contribution in [1.29, 1.82) is 0 Å². The van der Waals surface area contributed by atoms with Gasteiger partial charge in [0.1, 0.15) is 0 Å². The van der Waals surface area contributed by atoms with Gasteiger partial charge in [-0.15, -0.1) is 0 Å². The van der Waals surface area contributed by atoms with E-state index < -0.39 is 0 Å². The molecule has 0 aromatic carbocycles. The summed E-state index contributed by atoms with van der Waals surface area (Å²) in [7, 11) is 0. The number of aromatic nitrogens is 2. The molecule has 5 nitrogen and oxygen atoms in total. The summed E-state index contributed by atoms with van der Waals surface area (Å²) < 4.78 is 5.42. The zero-order chi connectivity index (χ0) is 11.9. The molecule has 1 saturated heterocycles. The van der Waals surface area contributed by atoms with E-state index in [0.717, 1.165) is 19.4 Å². The number of hydrogen-bond acceptors (Lipinski definition) is 5. The molecule has 1 aliphatic heterocycles. The van der Waals surface area contributed by atoms with E-state index in [1.165, 1.54) is 11.8 Å². The van der Waals surface area contributed by atoms with Crippen LogP contribution < -0.4 is 5.32 Å². The maximum absolute atomic E-state index is 11.5. The number of nitrogens with zero attached hydrogens (tertiary/aromatic N) is 2. The molecule has 1 aromatic heterocycles. The molecule has 1 fully saturated rings. The number of hydrogen-bond donors (Lipinski definition) is 1. The Kier molecular flexibility index (Phi) is 4.75. The zero-order valence-electron chi connectivity index (χ0n) is 9.46. The van der Waals surface area contributed by atoms with Crippen LogP contribution >= 0.6 is 11.8 Å². The molecule has 0 aliphatic carbocycles. The van der Waals surface area contributed by atoms with Crippen molar-refractivity contribution in [2.24, 2.45) is 0 Å². The minimum Gasteiger partial charge on any atom is -0.376 e. The van der Waals surface area contributed by atoms with Gasteiger partial charge in [0.25, 0.3) is 0 Å². The zero-order valence-corrected chi connectivity index (χ0v) is 10.3. The molecule has 0 saturated carbocycles. The van der Waals surface area contributed by atoms with Crippen molar-refractivity contribution in [3.8, 4) is 0 Å². The van der Waals surface area contributed by atoms with Crippen LogP contribution in [0.15, 0.2) is 23.6 Å². The van der Waals surface area contributed by atoms with Crippen LogP contribution in [0, 0.1) is 0 Å². The SMILES string of the molecule is O=C(CSc1ncccn1)NC[C@@H]1CCCO1. The van der Waals surface area contributed by atoms with E-state index in [4.69, 9.17) is 4.74 Å². The number of amides is 1. The molecule has 2 heterocycles. The van der Waals surface area contributed by atoms with Crippen LogP contribution in [-0.2, 0) is 9.53 Å². The van der Waals surface area contributed by atoms with E-state index in [9.17, 15) is 4.79 Å². The summed E-state index contributed by atoms with van der Waals surface area (Å²) >= 11 is 1.34. The fraction of sp³-hybridized carbons (Fsp3) is 0.545. The van der Waals surface area contributed by atoms with E-state index in [0.29, 0.717) is 17.5 Å². The minimum absolute atomic E-state index is 0.00190. The highest BCUT2D eigenvalue weighted by Gasteiger charge is 2.16. The highest BCUT2D eigenvalue weighted by Crippen LogP contribution is 2.12. The Morgan fingerprint density at radius 1 is 1.53 bits per heavy atom. The summed E-state index contributed by atoms with van der Waals surface area (Å²) in [5.41, 5.74) is 0. The minimum atomic E-state index is -0.00190. The van der Waals surface area contributed by atoms with Gasteiger partial charge in [-0.25, -0.2) is 9.97 Å². The molecule has 0 bridgehead atoms. The second kappa shape index (κ2) is 6.56. The standard InChI is InChI=1S/C11H15N3O2S/c15-10(14-7-9-3-1-6-16-9)8-17-11-12-4-2-5-13-11/h2,4-5,9H,1,3,6-8H2,(H,14,15)/t9-/m0/s1. The fourth-order valence-corrected chi connectivity index (χ4v) is 2.21. The van der Waals surface area contributed by atoms with Gasteiger partial charge in [0.05, 0.1) is 11.9 Å². The lowest BCUT2D eigenvalue weighted by atomic mass is 10.2. The van der Waals surface area contributed by atoms with Crippen molar-refractivity contribution < 1.29 is 9.53 Å². The van der Waals surface area contributed by atoms with Crippen molar-refractivity contribution in [3.05, 3.63) is 18.5 Å². The molecule has 6 heteroatoms. The number of nitrogens with one attached hydrogen (secondary N) is 1. The van der Waals surface area contributed by atoms with Crippen molar-refractivity contribution in [3.63, 3.8) is 0 Å². The first-order valence-corrected chi connectivity index (χ1v) is 6.61. The summed E-state index contributed by atoms with van der Waals surface area (Å²) in [5, 5.41) is 3.48. The molecule has 1 atom stereocenters. The molecule has 2 rings (SSSR count). The van der Waals surface area contributed by atoms with Crippen molar-refractivity contribution in [2.45, 2.75) is 24.1 Å². The van der Waals surface area contributed by atoms with Crippen molar-refractivity contribution in [2.75, 3.05) is 18.9 Å². The molecule has 1 amide bonds. The lowest BCUT2D eigenvalue weighted by Crippen LogP contribution is -2.32. The smallest absolute Gasteiger partial charge is 0.230 e. The number of rotatable bonds is 5. The van der Waals surface area contributed by atoms with Crippen molar-refractivity contribution in [1.82, 2.24) is 15.3 Å². The predicted molar refractivity (Wildman–Crippen MR) is 64.7 cm³/mol. The van der Waals surface area contributed by atoms with E-state index in [-0.39, 0.29) is 12.0 Å². The third kappa shape index (κ3) is 4.32. The van der Waals surface area contributed by atoms with Crippen LogP contribution in [0.5, 0.6) is 0 Å². The molecule has 17 heavy (non-hydrogen) atoms. The molecule has 0 radical (unpaired) electrons. The Morgan fingerprint density at radius 2 is 2.35 bits per heavy atom. The largest absolute Gasteiger partial charge is 0.376 e. The van der Waals surface area contributed by atoms with Gasteiger partial charge in [-0.3, -0.25) is 4.79 Å². The Bertz CT molecular complexity index is 355. The summed E-state index contributed by atoms with van der Waals surface area (Å²) in [5.74, 6) is 0.342. The van der Waals surface area contributed by atoms with Gasteiger partial charge in [0.2, 0.25) is 5.91 Å². The van der Waals surface area contributed by atoms with Gasteiger partial charge in [-0.1, -0.05) is 11.8 Å². The fourth-order valence-electron chi connectivity index (χ4n) is 1.57. The third-order valence-electron chi connectivity index (χ3n) is 2.43. The molecule has 1 N–H and O–H groups in total. The summed E-state index contributed by atoms with van der Waals surface area (Å²) in [4.78, 5) is 19.6. The van der Waals surface area contributed by atoms with E-state index in [1.54, 1.807) is 18.5 Å². The predicted octanol–water partition coefficient (Wildman–Crippen LogP) is 0.864. The molecule has 1 aliphatic rings. The quantitative estimate of drug-likeness (QED) is 0.623. The summed E-state index contributed by atoms with van der Waals surface area (Å²) in [6.07, 6.45) is 5.65. The van der Waals surface area contributed by atoms with Gasteiger partial charge >= 0.3 is 0 Å².